The Morgan fingerprint density at radius 2 is 1.94 bits per heavy atom. The molecule has 1 rings (SSSR count). The van der Waals surface area contributed by atoms with Crippen molar-refractivity contribution in [1.29, 1.82) is 0 Å². The van der Waals surface area contributed by atoms with Gasteiger partial charge in [0, 0.05) is 6.04 Å². The molecule has 0 saturated carbocycles. The monoisotopic (exact) mass is 251 g/mol. The standard InChI is InChI=1S/C16H26FN/c1-12(11-16(2,3)4)9-15(18-5)13-7-6-8-14(17)10-13/h6-8,10,12,15,18H,9,11H2,1-5H3. The highest BCUT2D eigenvalue weighted by atomic mass is 19.1. The topological polar surface area (TPSA) is 12.0 Å². The second-order valence-corrected chi connectivity index (χ2v) is 6.50. The maximum atomic E-state index is 13.2. The van der Waals surface area contributed by atoms with E-state index in [4.69, 9.17) is 0 Å². The highest BCUT2D eigenvalue weighted by Crippen LogP contribution is 2.30. The quantitative estimate of drug-likeness (QED) is 0.809. The van der Waals surface area contributed by atoms with E-state index >= 15 is 0 Å². The third kappa shape index (κ3) is 5.18. The SMILES string of the molecule is CNC(CC(C)CC(C)(C)C)c1cccc(F)c1. The molecule has 0 aliphatic rings. The molecule has 18 heavy (non-hydrogen) atoms. The van der Waals surface area contributed by atoms with Gasteiger partial charge in [-0.2, -0.15) is 0 Å². The minimum absolute atomic E-state index is 0.156. The van der Waals surface area contributed by atoms with Crippen LogP contribution in [0.1, 0.15) is 52.1 Å². The lowest BCUT2D eigenvalue weighted by atomic mass is 9.82. The molecule has 102 valence electrons. The van der Waals surface area contributed by atoms with Crippen LogP contribution in [0.2, 0.25) is 0 Å². The Balaban J connectivity index is 2.67. The summed E-state index contributed by atoms with van der Waals surface area (Å²) in [5.41, 5.74) is 1.39. The third-order valence-corrected chi connectivity index (χ3v) is 3.20. The molecule has 0 fully saturated rings. The summed E-state index contributed by atoms with van der Waals surface area (Å²) in [7, 11) is 1.94. The van der Waals surface area contributed by atoms with Gasteiger partial charge >= 0.3 is 0 Å². The molecule has 1 aromatic rings. The second-order valence-electron chi connectivity index (χ2n) is 6.50. The van der Waals surface area contributed by atoms with Crippen molar-refractivity contribution in [3.63, 3.8) is 0 Å². The van der Waals surface area contributed by atoms with E-state index in [1.54, 1.807) is 12.1 Å². The fourth-order valence-corrected chi connectivity index (χ4v) is 2.68. The zero-order valence-corrected chi connectivity index (χ0v) is 12.3. The van der Waals surface area contributed by atoms with Crippen molar-refractivity contribution in [2.45, 2.75) is 46.6 Å². The van der Waals surface area contributed by atoms with Crippen molar-refractivity contribution >= 4 is 0 Å². The normalized spacial score (nSPS) is 15.4. The Bertz CT molecular complexity index is 368. The van der Waals surface area contributed by atoms with Crippen molar-refractivity contribution in [2.75, 3.05) is 7.05 Å². The fraction of sp³-hybridized carbons (Fsp3) is 0.625. The van der Waals surface area contributed by atoms with Crippen LogP contribution in [0.3, 0.4) is 0 Å². The first kappa shape index (κ1) is 15.2. The molecule has 0 aliphatic heterocycles. The predicted octanol–water partition coefficient (Wildman–Crippen LogP) is 4.55. The summed E-state index contributed by atoms with van der Waals surface area (Å²) in [5.74, 6) is 0.460. The number of rotatable bonds is 5. The number of hydrogen-bond acceptors (Lipinski definition) is 1. The average Bonchev–Trinajstić information content (AvgIpc) is 2.23. The van der Waals surface area contributed by atoms with E-state index in [1.165, 1.54) is 12.5 Å². The Morgan fingerprint density at radius 3 is 2.44 bits per heavy atom. The largest absolute Gasteiger partial charge is 0.313 e. The molecular formula is C16H26FN. The Hall–Kier alpha value is -0.890. The van der Waals surface area contributed by atoms with Gasteiger partial charge in [-0.05, 0) is 48.9 Å². The molecule has 0 amide bonds. The molecule has 0 radical (unpaired) electrons. The van der Waals surface area contributed by atoms with Crippen molar-refractivity contribution in [3.05, 3.63) is 35.6 Å². The van der Waals surface area contributed by atoms with Crippen LogP contribution in [0.15, 0.2) is 24.3 Å². The molecular weight excluding hydrogens is 225 g/mol. The Kier molecular flexibility index (Phi) is 5.33. The van der Waals surface area contributed by atoms with Crippen LogP contribution < -0.4 is 5.32 Å². The summed E-state index contributed by atoms with van der Waals surface area (Å²) in [6.45, 7) is 9.06. The first-order chi connectivity index (χ1) is 8.31. The van der Waals surface area contributed by atoms with E-state index in [2.05, 4.69) is 33.0 Å². The first-order valence-electron chi connectivity index (χ1n) is 6.74. The van der Waals surface area contributed by atoms with E-state index in [9.17, 15) is 4.39 Å². The highest BCUT2D eigenvalue weighted by Gasteiger charge is 2.19. The van der Waals surface area contributed by atoms with Crippen molar-refractivity contribution in [1.82, 2.24) is 5.32 Å². The van der Waals surface area contributed by atoms with Crippen molar-refractivity contribution in [2.24, 2.45) is 11.3 Å². The fourth-order valence-electron chi connectivity index (χ4n) is 2.68. The predicted molar refractivity (Wildman–Crippen MR) is 76.1 cm³/mol. The van der Waals surface area contributed by atoms with Gasteiger partial charge < -0.3 is 5.32 Å². The summed E-state index contributed by atoms with van der Waals surface area (Å²) in [5, 5.41) is 3.30. The average molecular weight is 251 g/mol. The smallest absolute Gasteiger partial charge is 0.123 e. The van der Waals surface area contributed by atoms with Gasteiger partial charge in [-0.25, -0.2) is 4.39 Å². The van der Waals surface area contributed by atoms with E-state index < -0.39 is 0 Å². The first-order valence-corrected chi connectivity index (χ1v) is 6.74. The van der Waals surface area contributed by atoms with Crippen LogP contribution in [0.5, 0.6) is 0 Å². The summed E-state index contributed by atoms with van der Waals surface area (Å²) < 4.78 is 13.2. The van der Waals surface area contributed by atoms with Gasteiger partial charge in [-0.15, -0.1) is 0 Å². The maximum absolute atomic E-state index is 13.2. The number of nitrogens with one attached hydrogen (secondary N) is 1. The van der Waals surface area contributed by atoms with E-state index in [0.29, 0.717) is 11.3 Å². The van der Waals surface area contributed by atoms with E-state index in [-0.39, 0.29) is 11.9 Å². The maximum Gasteiger partial charge on any atom is 0.123 e. The summed E-state index contributed by atoms with van der Waals surface area (Å²) in [6, 6.07) is 7.13. The Morgan fingerprint density at radius 1 is 1.28 bits per heavy atom. The molecule has 0 heterocycles. The molecule has 2 atom stereocenters. The van der Waals surface area contributed by atoms with Crippen LogP contribution in [0.25, 0.3) is 0 Å². The lowest BCUT2D eigenvalue weighted by molar-refractivity contribution is 0.279. The molecule has 0 aliphatic carbocycles. The van der Waals surface area contributed by atoms with Gasteiger partial charge in [0.05, 0.1) is 0 Å². The van der Waals surface area contributed by atoms with Crippen LogP contribution in [-0.2, 0) is 0 Å². The third-order valence-electron chi connectivity index (χ3n) is 3.20. The molecule has 1 nitrogen and oxygen atoms in total. The van der Waals surface area contributed by atoms with Gasteiger partial charge in [-0.3, -0.25) is 0 Å². The van der Waals surface area contributed by atoms with Gasteiger partial charge in [0.1, 0.15) is 5.82 Å². The second kappa shape index (κ2) is 6.33. The molecule has 1 aromatic carbocycles. The molecule has 1 N–H and O–H groups in total. The van der Waals surface area contributed by atoms with Crippen LogP contribution >= 0.6 is 0 Å². The van der Waals surface area contributed by atoms with Crippen LogP contribution in [-0.4, -0.2) is 7.05 Å². The van der Waals surface area contributed by atoms with Gasteiger partial charge in [0.2, 0.25) is 0 Å². The van der Waals surface area contributed by atoms with E-state index in [0.717, 1.165) is 12.0 Å². The van der Waals surface area contributed by atoms with Crippen molar-refractivity contribution < 1.29 is 4.39 Å². The highest BCUT2D eigenvalue weighted by molar-refractivity contribution is 5.20. The summed E-state index contributed by atoms with van der Waals surface area (Å²) in [6.07, 6.45) is 2.22. The van der Waals surface area contributed by atoms with Crippen molar-refractivity contribution in [3.8, 4) is 0 Å². The number of hydrogen-bond donors (Lipinski definition) is 1. The number of halogens is 1. The minimum atomic E-state index is -0.156. The molecule has 0 spiro atoms. The van der Waals surface area contributed by atoms with Gasteiger partial charge in [0.25, 0.3) is 0 Å². The summed E-state index contributed by atoms with van der Waals surface area (Å²) in [4.78, 5) is 0. The van der Waals surface area contributed by atoms with Gasteiger partial charge in [-0.1, -0.05) is 39.8 Å². The van der Waals surface area contributed by atoms with Crippen LogP contribution in [0, 0.1) is 17.2 Å². The van der Waals surface area contributed by atoms with E-state index in [1.807, 2.05) is 13.1 Å². The zero-order chi connectivity index (χ0) is 13.8. The molecule has 2 unspecified atom stereocenters. The zero-order valence-electron chi connectivity index (χ0n) is 12.3. The lowest BCUT2D eigenvalue weighted by Gasteiger charge is -2.27. The lowest BCUT2D eigenvalue weighted by Crippen LogP contribution is -2.21. The minimum Gasteiger partial charge on any atom is -0.313 e. The summed E-state index contributed by atoms with van der Waals surface area (Å²) >= 11 is 0. The molecule has 0 saturated heterocycles. The molecule has 0 aromatic heterocycles. The molecule has 2 heteroatoms. The molecule has 0 bridgehead atoms. The number of benzene rings is 1. The Labute approximate surface area is 111 Å². The van der Waals surface area contributed by atoms with Gasteiger partial charge in [0.15, 0.2) is 0 Å². The van der Waals surface area contributed by atoms with Crippen LogP contribution in [0.4, 0.5) is 4.39 Å².